The molecule has 1 N–H and O–H groups in total. The molecule has 114 valence electrons. The Morgan fingerprint density at radius 3 is 1.95 bits per heavy atom. The largest absolute Gasteiger partial charge is 0.382 e. The number of carbonyl (C=O) groups excluding carboxylic acids is 1. The van der Waals surface area contributed by atoms with Gasteiger partial charge in [0.25, 0.3) is 0 Å². The molecular formula is C13H27NO5. The molecule has 1 amide bonds. The summed E-state index contributed by atoms with van der Waals surface area (Å²) in [7, 11) is 1.64. The molecular weight excluding hydrogens is 250 g/mol. The van der Waals surface area contributed by atoms with Crippen LogP contribution in [0.2, 0.25) is 0 Å². The van der Waals surface area contributed by atoms with Crippen molar-refractivity contribution in [1.29, 1.82) is 0 Å². The lowest BCUT2D eigenvalue weighted by molar-refractivity contribution is -0.121. The van der Waals surface area contributed by atoms with E-state index in [1.807, 2.05) is 6.92 Å². The zero-order valence-electron chi connectivity index (χ0n) is 12.1. The first kappa shape index (κ1) is 18.3. The first-order chi connectivity index (χ1) is 9.31. The summed E-state index contributed by atoms with van der Waals surface area (Å²) >= 11 is 0. The number of ether oxygens (including phenoxy) is 4. The van der Waals surface area contributed by atoms with E-state index in [0.717, 1.165) is 6.42 Å². The monoisotopic (exact) mass is 277 g/mol. The number of hydrogen-bond acceptors (Lipinski definition) is 5. The van der Waals surface area contributed by atoms with Crippen molar-refractivity contribution in [1.82, 2.24) is 5.32 Å². The van der Waals surface area contributed by atoms with E-state index >= 15 is 0 Å². The number of hydrogen-bond donors (Lipinski definition) is 1. The average Bonchev–Trinajstić information content (AvgIpc) is 2.40. The minimum Gasteiger partial charge on any atom is -0.382 e. The quantitative estimate of drug-likeness (QED) is 0.471. The van der Waals surface area contributed by atoms with Gasteiger partial charge in [-0.2, -0.15) is 0 Å². The average molecular weight is 277 g/mol. The van der Waals surface area contributed by atoms with Crippen molar-refractivity contribution in [2.75, 3.05) is 59.9 Å². The maximum absolute atomic E-state index is 11.1. The molecule has 0 heterocycles. The molecule has 0 aliphatic heterocycles. The van der Waals surface area contributed by atoms with Crippen LogP contribution in [0.3, 0.4) is 0 Å². The maximum atomic E-state index is 11.1. The van der Waals surface area contributed by atoms with Crippen LogP contribution >= 0.6 is 0 Å². The Balaban J connectivity index is 3.01. The van der Waals surface area contributed by atoms with Crippen molar-refractivity contribution in [3.05, 3.63) is 0 Å². The van der Waals surface area contributed by atoms with Crippen LogP contribution in [0.4, 0.5) is 0 Å². The van der Waals surface area contributed by atoms with E-state index in [-0.39, 0.29) is 5.91 Å². The van der Waals surface area contributed by atoms with Gasteiger partial charge in [0.15, 0.2) is 0 Å². The van der Waals surface area contributed by atoms with Gasteiger partial charge in [-0.1, -0.05) is 6.92 Å². The minimum absolute atomic E-state index is 0.0792. The smallest absolute Gasteiger partial charge is 0.220 e. The minimum atomic E-state index is 0.0792. The number of carbonyl (C=O) groups is 1. The van der Waals surface area contributed by atoms with Crippen molar-refractivity contribution in [3.8, 4) is 0 Å². The molecule has 19 heavy (non-hydrogen) atoms. The predicted molar refractivity (Wildman–Crippen MR) is 72.3 cm³/mol. The first-order valence-electron chi connectivity index (χ1n) is 6.80. The summed E-state index contributed by atoms with van der Waals surface area (Å²) in [5, 5.41) is 2.78. The summed E-state index contributed by atoms with van der Waals surface area (Å²) in [5.74, 6) is 0.0792. The topological polar surface area (TPSA) is 66.0 Å². The van der Waals surface area contributed by atoms with Gasteiger partial charge in [0.05, 0.1) is 46.2 Å². The third kappa shape index (κ3) is 15.3. The second kappa shape index (κ2) is 15.4. The van der Waals surface area contributed by atoms with Crippen LogP contribution in [0.25, 0.3) is 0 Å². The van der Waals surface area contributed by atoms with E-state index in [4.69, 9.17) is 18.9 Å². The Kier molecular flexibility index (Phi) is 14.8. The highest BCUT2D eigenvalue weighted by molar-refractivity contribution is 5.75. The number of rotatable bonds is 14. The highest BCUT2D eigenvalue weighted by Gasteiger charge is 1.97. The van der Waals surface area contributed by atoms with Gasteiger partial charge < -0.3 is 24.3 Å². The molecule has 0 aliphatic rings. The molecule has 0 rings (SSSR count). The van der Waals surface area contributed by atoms with Crippen LogP contribution in [0.1, 0.15) is 19.8 Å². The second-order valence-electron chi connectivity index (χ2n) is 3.93. The highest BCUT2D eigenvalue weighted by Crippen LogP contribution is 1.85. The van der Waals surface area contributed by atoms with Crippen molar-refractivity contribution in [3.63, 3.8) is 0 Å². The number of amides is 1. The lowest BCUT2D eigenvalue weighted by Gasteiger charge is -2.07. The van der Waals surface area contributed by atoms with Crippen LogP contribution in [-0.2, 0) is 23.7 Å². The number of methoxy groups -OCH3 is 1. The van der Waals surface area contributed by atoms with E-state index in [1.165, 1.54) is 0 Å². The Labute approximate surface area is 115 Å². The van der Waals surface area contributed by atoms with Crippen molar-refractivity contribution < 1.29 is 23.7 Å². The molecule has 0 atom stereocenters. The normalized spacial score (nSPS) is 10.6. The molecule has 0 spiro atoms. The molecule has 0 unspecified atom stereocenters. The van der Waals surface area contributed by atoms with Crippen molar-refractivity contribution in [2.45, 2.75) is 19.8 Å². The van der Waals surface area contributed by atoms with E-state index < -0.39 is 0 Å². The standard InChI is InChI=1S/C13H27NO5/c1-3-4-13(15)14-5-6-17-9-10-19-12-11-18-8-7-16-2/h3-12H2,1-2H3,(H,14,15). The molecule has 0 radical (unpaired) electrons. The fourth-order valence-corrected chi connectivity index (χ4v) is 1.26. The van der Waals surface area contributed by atoms with E-state index in [1.54, 1.807) is 7.11 Å². The summed E-state index contributed by atoms with van der Waals surface area (Å²) in [5.41, 5.74) is 0. The van der Waals surface area contributed by atoms with E-state index in [2.05, 4.69) is 5.32 Å². The molecule has 0 aromatic carbocycles. The highest BCUT2D eigenvalue weighted by atomic mass is 16.6. The van der Waals surface area contributed by atoms with Crippen molar-refractivity contribution >= 4 is 5.91 Å². The summed E-state index contributed by atoms with van der Waals surface area (Å²) < 4.78 is 20.7. The summed E-state index contributed by atoms with van der Waals surface area (Å²) in [6, 6.07) is 0. The van der Waals surface area contributed by atoms with Gasteiger partial charge in [0, 0.05) is 20.1 Å². The van der Waals surface area contributed by atoms with Gasteiger partial charge >= 0.3 is 0 Å². The van der Waals surface area contributed by atoms with E-state index in [0.29, 0.717) is 59.2 Å². The molecule has 0 saturated heterocycles. The predicted octanol–water partition coefficient (Wildman–Crippen LogP) is 0.599. The van der Waals surface area contributed by atoms with Gasteiger partial charge in [0.1, 0.15) is 0 Å². The molecule has 0 fully saturated rings. The Morgan fingerprint density at radius 2 is 1.42 bits per heavy atom. The summed E-state index contributed by atoms with van der Waals surface area (Å²) in [6.07, 6.45) is 1.44. The third-order valence-corrected chi connectivity index (χ3v) is 2.22. The van der Waals surface area contributed by atoms with Gasteiger partial charge in [0.2, 0.25) is 5.91 Å². The third-order valence-electron chi connectivity index (χ3n) is 2.22. The molecule has 6 nitrogen and oxygen atoms in total. The van der Waals surface area contributed by atoms with Gasteiger partial charge in [-0.3, -0.25) is 4.79 Å². The first-order valence-corrected chi connectivity index (χ1v) is 6.80. The Bertz CT molecular complexity index is 201. The van der Waals surface area contributed by atoms with Crippen LogP contribution < -0.4 is 5.32 Å². The molecule has 6 heteroatoms. The van der Waals surface area contributed by atoms with E-state index in [9.17, 15) is 4.79 Å². The fourth-order valence-electron chi connectivity index (χ4n) is 1.26. The lowest BCUT2D eigenvalue weighted by atomic mass is 10.3. The van der Waals surface area contributed by atoms with Crippen LogP contribution in [0, 0.1) is 0 Å². The Hall–Kier alpha value is -0.690. The molecule has 0 aromatic heterocycles. The van der Waals surface area contributed by atoms with Crippen molar-refractivity contribution in [2.24, 2.45) is 0 Å². The van der Waals surface area contributed by atoms with Gasteiger partial charge in [-0.25, -0.2) is 0 Å². The molecule has 0 saturated carbocycles. The number of nitrogens with one attached hydrogen (secondary N) is 1. The fraction of sp³-hybridized carbons (Fsp3) is 0.923. The maximum Gasteiger partial charge on any atom is 0.220 e. The second-order valence-corrected chi connectivity index (χ2v) is 3.93. The van der Waals surface area contributed by atoms with Gasteiger partial charge in [-0.15, -0.1) is 0 Å². The zero-order chi connectivity index (χ0) is 14.2. The SMILES string of the molecule is CCCC(=O)NCCOCCOCCOCCOC. The summed E-state index contributed by atoms with van der Waals surface area (Å²) in [4.78, 5) is 11.1. The molecule has 0 bridgehead atoms. The van der Waals surface area contributed by atoms with Crippen LogP contribution in [-0.4, -0.2) is 65.8 Å². The summed E-state index contributed by atoms with van der Waals surface area (Å²) in [6.45, 7) is 6.43. The van der Waals surface area contributed by atoms with Crippen LogP contribution in [0.5, 0.6) is 0 Å². The zero-order valence-corrected chi connectivity index (χ0v) is 12.1. The molecule has 0 aromatic rings. The lowest BCUT2D eigenvalue weighted by Crippen LogP contribution is -2.27. The van der Waals surface area contributed by atoms with Crippen LogP contribution in [0.15, 0.2) is 0 Å². The Morgan fingerprint density at radius 1 is 0.895 bits per heavy atom. The van der Waals surface area contributed by atoms with Gasteiger partial charge in [-0.05, 0) is 6.42 Å². The molecule has 0 aliphatic carbocycles.